The lowest BCUT2D eigenvalue weighted by Crippen LogP contribution is -2.34. The summed E-state index contributed by atoms with van der Waals surface area (Å²) in [6, 6.07) is 13.2. The van der Waals surface area contributed by atoms with E-state index in [0.29, 0.717) is 4.90 Å². The molecule has 0 spiro atoms. The zero-order valence-corrected chi connectivity index (χ0v) is 12.8. The summed E-state index contributed by atoms with van der Waals surface area (Å²) >= 11 is 0. The summed E-state index contributed by atoms with van der Waals surface area (Å²) in [5.74, 6) is 0.148. The van der Waals surface area contributed by atoms with E-state index >= 15 is 0 Å². The van der Waals surface area contributed by atoms with Crippen LogP contribution in [-0.4, -0.2) is 26.8 Å². The molecule has 3 nitrogen and oxygen atoms in total. The van der Waals surface area contributed by atoms with Crippen molar-refractivity contribution in [2.24, 2.45) is 0 Å². The van der Waals surface area contributed by atoms with Gasteiger partial charge in [0.25, 0.3) is 0 Å². The molecule has 0 aliphatic rings. The summed E-state index contributed by atoms with van der Waals surface area (Å²) in [5, 5.41) is 5.24. The molecule has 2 aromatic carbocycles. The van der Waals surface area contributed by atoms with Gasteiger partial charge < -0.3 is 5.32 Å². The fraction of sp³-hybridized carbons (Fsp3) is 0.375. The number of sulfone groups is 1. The van der Waals surface area contributed by atoms with Crippen LogP contribution in [0.25, 0.3) is 10.8 Å². The van der Waals surface area contributed by atoms with Crippen LogP contribution >= 0.6 is 0 Å². The lowest BCUT2D eigenvalue weighted by atomic mass is 10.1. The van der Waals surface area contributed by atoms with Gasteiger partial charge in [-0.1, -0.05) is 44.2 Å². The van der Waals surface area contributed by atoms with E-state index in [2.05, 4.69) is 5.32 Å². The summed E-state index contributed by atoms with van der Waals surface area (Å²) in [6.45, 7) is 4.78. The minimum atomic E-state index is -3.25. The Bertz CT molecular complexity index is 680. The van der Waals surface area contributed by atoms with Gasteiger partial charge in [-0.3, -0.25) is 0 Å². The van der Waals surface area contributed by atoms with Crippen LogP contribution in [0, 0.1) is 0 Å². The maximum absolute atomic E-state index is 12.5. The fourth-order valence-electron chi connectivity index (χ4n) is 2.33. The molecule has 4 heteroatoms. The van der Waals surface area contributed by atoms with E-state index in [1.165, 1.54) is 0 Å². The van der Waals surface area contributed by atoms with Gasteiger partial charge in [0, 0.05) is 6.04 Å². The molecular weight excluding hydrogens is 270 g/mol. The highest BCUT2D eigenvalue weighted by molar-refractivity contribution is 7.91. The van der Waals surface area contributed by atoms with E-state index in [9.17, 15) is 8.42 Å². The van der Waals surface area contributed by atoms with Gasteiger partial charge in [-0.2, -0.15) is 0 Å². The Morgan fingerprint density at radius 1 is 1.05 bits per heavy atom. The highest BCUT2D eigenvalue weighted by Crippen LogP contribution is 2.20. The van der Waals surface area contributed by atoms with Gasteiger partial charge in [0.05, 0.1) is 10.6 Å². The summed E-state index contributed by atoms with van der Waals surface area (Å²) in [7, 11) is -3.25. The molecule has 0 aromatic heterocycles. The van der Waals surface area contributed by atoms with Crippen LogP contribution in [0.2, 0.25) is 0 Å². The molecule has 20 heavy (non-hydrogen) atoms. The zero-order valence-electron chi connectivity index (χ0n) is 12.0. The lowest BCUT2D eigenvalue weighted by molar-refractivity contribution is 0.534. The van der Waals surface area contributed by atoms with E-state index in [1.807, 2.05) is 44.2 Å². The van der Waals surface area contributed by atoms with Crippen LogP contribution in [0.5, 0.6) is 0 Å². The molecule has 2 aromatic rings. The second-order valence-corrected chi connectivity index (χ2v) is 6.99. The minimum absolute atomic E-state index is 0.0106. The van der Waals surface area contributed by atoms with E-state index in [4.69, 9.17) is 0 Å². The molecule has 0 amide bonds. The lowest BCUT2D eigenvalue weighted by Gasteiger charge is -2.16. The van der Waals surface area contributed by atoms with Gasteiger partial charge in [-0.05, 0) is 35.9 Å². The molecule has 0 bridgehead atoms. The molecule has 2 rings (SSSR count). The summed E-state index contributed by atoms with van der Waals surface area (Å²) < 4.78 is 25.0. The number of hydrogen-bond donors (Lipinski definition) is 1. The van der Waals surface area contributed by atoms with E-state index in [0.717, 1.165) is 23.7 Å². The summed E-state index contributed by atoms with van der Waals surface area (Å²) in [4.78, 5) is 0.410. The van der Waals surface area contributed by atoms with Gasteiger partial charge in [-0.25, -0.2) is 8.42 Å². The fourth-order valence-corrected chi connectivity index (χ4v) is 3.99. The molecule has 0 saturated carbocycles. The molecule has 0 aliphatic carbocycles. The molecule has 0 fully saturated rings. The second-order valence-electron chi connectivity index (χ2n) is 4.95. The summed E-state index contributed by atoms with van der Waals surface area (Å²) in [6.07, 6.45) is 0.806. The second kappa shape index (κ2) is 6.37. The maximum atomic E-state index is 12.5. The van der Waals surface area contributed by atoms with E-state index < -0.39 is 9.84 Å². The van der Waals surface area contributed by atoms with Gasteiger partial charge in [0.2, 0.25) is 0 Å². The highest BCUT2D eigenvalue weighted by atomic mass is 32.2. The third kappa shape index (κ3) is 3.38. The van der Waals surface area contributed by atoms with Crippen LogP contribution < -0.4 is 5.32 Å². The van der Waals surface area contributed by atoms with Gasteiger partial charge >= 0.3 is 0 Å². The minimum Gasteiger partial charge on any atom is -0.313 e. The molecule has 1 N–H and O–H groups in total. The van der Waals surface area contributed by atoms with Gasteiger partial charge in [0.1, 0.15) is 0 Å². The highest BCUT2D eigenvalue weighted by Gasteiger charge is 2.19. The van der Waals surface area contributed by atoms with Crippen LogP contribution in [-0.2, 0) is 9.84 Å². The van der Waals surface area contributed by atoms with Crippen LogP contribution in [0.15, 0.2) is 47.4 Å². The first kappa shape index (κ1) is 15.0. The van der Waals surface area contributed by atoms with Gasteiger partial charge in [-0.15, -0.1) is 0 Å². The first-order valence-electron chi connectivity index (χ1n) is 7.01. The number of benzene rings is 2. The third-order valence-corrected chi connectivity index (χ3v) is 5.30. The van der Waals surface area contributed by atoms with E-state index in [1.54, 1.807) is 12.1 Å². The van der Waals surface area contributed by atoms with Crippen LogP contribution in [0.4, 0.5) is 0 Å². The Morgan fingerprint density at radius 3 is 2.40 bits per heavy atom. The Kier molecular flexibility index (Phi) is 4.78. The topological polar surface area (TPSA) is 46.2 Å². The Hall–Kier alpha value is -1.39. The molecule has 0 aliphatic heterocycles. The number of nitrogens with one attached hydrogen (secondary N) is 1. The normalized spacial score (nSPS) is 13.5. The van der Waals surface area contributed by atoms with Crippen molar-refractivity contribution in [3.05, 3.63) is 42.5 Å². The number of rotatable bonds is 6. The van der Waals surface area contributed by atoms with Crippen LogP contribution in [0.1, 0.15) is 20.3 Å². The van der Waals surface area contributed by atoms with Crippen molar-refractivity contribution >= 4 is 20.6 Å². The van der Waals surface area contributed by atoms with Gasteiger partial charge in [0.15, 0.2) is 9.84 Å². The average molecular weight is 291 g/mol. The average Bonchev–Trinajstić information content (AvgIpc) is 2.46. The Labute approximate surface area is 120 Å². The monoisotopic (exact) mass is 291 g/mol. The molecule has 0 radical (unpaired) electrons. The molecule has 0 heterocycles. The smallest absolute Gasteiger partial charge is 0.179 e. The predicted molar refractivity (Wildman–Crippen MR) is 83.8 cm³/mol. The summed E-state index contributed by atoms with van der Waals surface area (Å²) in [5.41, 5.74) is 0. The number of fused-ring (bicyclic) bond motifs is 1. The van der Waals surface area contributed by atoms with Crippen LogP contribution in [0.3, 0.4) is 0 Å². The van der Waals surface area contributed by atoms with Crippen molar-refractivity contribution in [3.63, 3.8) is 0 Å². The molecular formula is C16H21NO2S. The van der Waals surface area contributed by atoms with E-state index in [-0.39, 0.29) is 11.8 Å². The van der Waals surface area contributed by atoms with Crippen molar-refractivity contribution < 1.29 is 8.42 Å². The number of hydrogen-bond acceptors (Lipinski definition) is 3. The molecule has 1 unspecified atom stereocenters. The van der Waals surface area contributed by atoms with Crippen molar-refractivity contribution in [1.82, 2.24) is 5.32 Å². The molecule has 1 atom stereocenters. The Balaban J connectivity index is 2.31. The molecule has 108 valence electrons. The standard InChI is InChI=1S/C16H21NO2S/c1-3-15(17-4-2)12-20(18,19)16-10-9-13-7-5-6-8-14(13)11-16/h5-11,15,17H,3-4,12H2,1-2H3. The van der Waals surface area contributed by atoms with Crippen molar-refractivity contribution in [3.8, 4) is 0 Å². The largest absolute Gasteiger partial charge is 0.313 e. The first-order valence-corrected chi connectivity index (χ1v) is 8.67. The van der Waals surface area contributed by atoms with Crippen molar-refractivity contribution in [1.29, 1.82) is 0 Å². The zero-order chi connectivity index (χ0) is 14.6. The van der Waals surface area contributed by atoms with Crippen molar-refractivity contribution in [2.75, 3.05) is 12.3 Å². The third-order valence-electron chi connectivity index (χ3n) is 3.49. The molecule has 0 saturated heterocycles. The first-order chi connectivity index (χ1) is 9.56. The maximum Gasteiger partial charge on any atom is 0.179 e. The van der Waals surface area contributed by atoms with Crippen molar-refractivity contribution in [2.45, 2.75) is 31.2 Å². The Morgan fingerprint density at radius 2 is 1.75 bits per heavy atom. The SMILES string of the molecule is CCNC(CC)CS(=O)(=O)c1ccc2ccccc2c1. The predicted octanol–water partition coefficient (Wildman–Crippen LogP) is 3.00. The quantitative estimate of drug-likeness (QED) is 0.890.